The summed E-state index contributed by atoms with van der Waals surface area (Å²) in [5.41, 5.74) is 0.136. The van der Waals surface area contributed by atoms with Crippen LogP contribution in [0.15, 0.2) is 12.3 Å². The van der Waals surface area contributed by atoms with Crippen LogP contribution in [0.4, 0.5) is 4.39 Å². The van der Waals surface area contributed by atoms with E-state index >= 15 is 0 Å². The summed E-state index contributed by atoms with van der Waals surface area (Å²) in [5, 5.41) is 29.1. The number of ether oxygens (including phenoxy) is 1. The first kappa shape index (κ1) is 13.7. The molecular formula is C11H11ClFN3O4. The van der Waals surface area contributed by atoms with Gasteiger partial charge in [0.1, 0.15) is 29.1 Å². The van der Waals surface area contributed by atoms with Crippen molar-refractivity contribution in [2.75, 3.05) is 6.61 Å². The molecule has 3 rings (SSSR count). The van der Waals surface area contributed by atoms with Crippen LogP contribution in [0.5, 0.6) is 0 Å². The average molecular weight is 304 g/mol. The average Bonchev–Trinajstić information content (AvgIpc) is 2.93. The van der Waals surface area contributed by atoms with Crippen LogP contribution in [0.3, 0.4) is 0 Å². The third-order valence-electron chi connectivity index (χ3n) is 3.29. The Labute approximate surface area is 117 Å². The number of aliphatic hydroxyl groups is 3. The van der Waals surface area contributed by atoms with Crippen LogP contribution < -0.4 is 0 Å². The summed E-state index contributed by atoms with van der Waals surface area (Å²) >= 11 is 5.81. The summed E-state index contributed by atoms with van der Waals surface area (Å²) in [6.07, 6.45) is -3.96. The molecule has 2 aromatic heterocycles. The number of hydrogen-bond donors (Lipinski definition) is 3. The Kier molecular flexibility index (Phi) is 3.35. The molecule has 0 saturated carbocycles. The van der Waals surface area contributed by atoms with E-state index < -0.39 is 37.2 Å². The fourth-order valence-corrected chi connectivity index (χ4v) is 2.50. The maximum absolute atomic E-state index is 13.2. The van der Waals surface area contributed by atoms with Crippen molar-refractivity contribution >= 4 is 22.6 Å². The van der Waals surface area contributed by atoms with E-state index in [2.05, 4.69) is 9.97 Å². The van der Waals surface area contributed by atoms with Gasteiger partial charge in [0, 0.05) is 6.20 Å². The lowest BCUT2D eigenvalue weighted by Crippen LogP contribution is -2.33. The van der Waals surface area contributed by atoms with Crippen LogP contribution in [-0.4, -0.2) is 54.8 Å². The van der Waals surface area contributed by atoms with Crippen molar-refractivity contribution in [3.05, 3.63) is 23.5 Å². The highest BCUT2D eigenvalue weighted by molar-refractivity contribution is 6.33. The van der Waals surface area contributed by atoms with Crippen molar-refractivity contribution in [2.45, 2.75) is 24.5 Å². The van der Waals surface area contributed by atoms with E-state index in [-0.39, 0.29) is 10.8 Å². The van der Waals surface area contributed by atoms with Crippen LogP contribution >= 0.6 is 11.6 Å². The molecule has 1 aliphatic rings. The first-order valence-electron chi connectivity index (χ1n) is 5.85. The predicted octanol–water partition coefficient (Wildman–Crippen LogP) is -0.165. The summed E-state index contributed by atoms with van der Waals surface area (Å²) in [5.74, 6) is 0. The van der Waals surface area contributed by atoms with Crippen molar-refractivity contribution in [3.63, 3.8) is 0 Å². The van der Waals surface area contributed by atoms with E-state index in [0.29, 0.717) is 5.39 Å². The van der Waals surface area contributed by atoms with Crippen LogP contribution in [0, 0.1) is 6.08 Å². The third kappa shape index (κ3) is 1.97. The van der Waals surface area contributed by atoms with Crippen LogP contribution in [0.1, 0.15) is 6.23 Å². The van der Waals surface area contributed by atoms with E-state index in [1.54, 1.807) is 6.07 Å². The first-order chi connectivity index (χ1) is 9.52. The highest BCUT2D eigenvalue weighted by Gasteiger charge is 2.43. The van der Waals surface area contributed by atoms with Crippen LogP contribution in [0.25, 0.3) is 11.0 Å². The molecule has 1 aliphatic heterocycles. The maximum atomic E-state index is 13.2. The molecule has 0 bridgehead atoms. The normalized spacial score (nSPS) is 30.2. The summed E-state index contributed by atoms with van der Waals surface area (Å²) in [7, 11) is 0. The lowest BCUT2D eigenvalue weighted by atomic mass is 10.1. The van der Waals surface area contributed by atoms with Crippen molar-refractivity contribution in [1.29, 1.82) is 0 Å². The molecule has 3 heterocycles. The fourth-order valence-electron chi connectivity index (χ4n) is 2.29. The largest absolute Gasteiger partial charge is 0.394 e. The van der Waals surface area contributed by atoms with Gasteiger partial charge in [0.25, 0.3) is 0 Å². The standard InChI is InChI=1S/C11H11ClFN3O4/c12-8-4-1-2-16(9(4)15-11(13)14-8)10-7(19)6(18)5(3-17)20-10/h1-2,5-7,10,17-19H,3H2/t5-,6-,7-,10-/m1/s1. The van der Waals surface area contributed by atoms with E-state index in [4.69, 9.17) is 21.4 Å². The van der Waals surface area contributed by atoms with Gasteiger partial charge in [0.05, 0.1) is 12.0 Å². The smallest absolute Gasteiger partial charge is 0.312 e. The summed E-state index contributed by atoms with van der Waals surface area (Å²) in [6.45, 7) is -0.446. The zero-order valence-electron chi connectivity index (χ0n) is 10.0. The number of fused-ring (bicyclic) bond motifs is 1. The number of halogens is 2. The summed E-state index contributed by atoms with van der Waals surface area (Å²) < 4.78 is 19.9. The van der Waals surface area contributed by atoms with Crippen molar-refractivity contribution in [3.8, 4) is 0 Å². The number of nitrogens with zero attached hydrogens (tertiary/aromatic N) is 3. The zero-order chi connectivity index (χ0) is 14.4. The molecule has 2 aromatic rings. The molecule has 108 valence electrons. The number of hydrogen-bond acceptors (Lipinski definition) is 6. The van der Waals surface area contributed by atoms with Gasteiger partial charge in [-0.1, -0.05) is 11.6 Å². The minimum absolute atomic E-state index is 0.0574. The van der Waals surface area contributed by atoms with E-state index in [9.17, 15) is 14.6 Å². The fraction of sp³-hybridized carbons (Fsp3) is 0.455. The molecule has 1 saturated heterocycles. The van der Waals surface area contributed by atoms with Gasteiger partial charge >= 0.3 is 6.08 Å². The van der Waals surface area contributed by atoms with Crippen molar-refractivity contribution in [1.82, 2.24) is 14.5 Å². The van der Waals surface area contributed by atoms with Gasteiger partial charge < -0.3 is 24.6 Å². The van der Waals surface area contributed by atoms with Gasteiger partial charge in [0.2, 0.25) is 0 Å². The highest BCUT2D eigenvalue weighted by Crippen LogP contribution is 2.33. The number of rotatable bonds is 2. The Morgan fingerprint density at radius 1 is 1.35 bits per heavy atom. The second-order valence-corrected chi connectivity index (χ2v) is 4.83. The lowest BCUT2D eigenvalue weighted by molar-refractivity contribution is -0.0509. The third-order valence-corrected chi connectivity index (χ3v) is 3.58. The van der Waals surface area contributed by atoms with Crippen molar-refractivity contribution < 1.29 is 24.4 Å². The minimum atomic E-state index is -1.28. The lowest BCUT2D eigenvalue weighted by Gasteiger charge is -2.17. The highest BCUT2D eigenvalue weighted by atomic mass is 35.5. The van der Waals surface area contributed by atoms with Gasteiger partial charge in [0.15, 0.2) is 6.23 Å². The number of aliphatic hydroxyl groups excluding tert-OH is 3. The molecule has 0 unspecified atom stereocenters. The summed E-state index contributed by atoms with van der Waals surface area (Å²) in [6, 6.07) is 1.55. The Morgan fingerprint density at radius 2 is 2.10 bits per heavy atom. The minimum Gasteiger partial charge on any atom is -0.394 e. The quantitative estimate of drug-likeness (QED) is 0.526. The monoisotopic (exact) mass is 303 g/mol. The van der Waals surface area contributed by atoms with Gasteiger partial charge in [-0.25, -0.2) is 0 Å². The Morgan fingerprint density at radius 3 is 2.75 bits per heavy atom. The molecule has 0 radical (unpaired) electrons. The SMILES string of the molecule is OC[C@H]1O[C@@H](n2ccc3c(Cl)nc(F)nc32)[C@H](O)[C@@H]1O. The van der Waals surface area contributed by atoms with Crippen molar-refractivity contribution in [2.24, 2.45) is 0 Å². The summed E-state index contributed by atoms with van der Waals surface area (Å²) in [4.78, 5) is 7.01. The Bertz CT molecular complexity index is 652. The van der Waals surface area contributed by atoms with Gasteiger partial charge in [-0.15, -0.1) is 0 Å². The second-order valence-electron chi connectivity index (χ2n) is 4.47. The topological polar surface area (TPSA) is 101 Å². The maximum Gasteiger partial charge on any atom is 0.312 e. The number of aromatic nitrogens is 3. The van der Waals surface area contributed by atoms with Gasteiger partial charge in [-0.3, -0.25) is 0 Å². The van der Waals surface area contributed by atoms with E-state index in [0.717, 1.165) is 0 Å². The Balaban J connectivity index is 2.07. The zero-order valence-corrected chi connectivity index (χ0v) is 10.8. The van der Waals surface area contributed by atoms with Gasteiger partial charge in [-0.2, -0.15) is 14.4 Å². The van der Waals surface area contributed by atoms with Gasteiger partial charge in [-0.05, 0) is 6.07 Å². The second kappa shape index (κ2) is 4.90. The molecule has 9 heteroatoms. The molecular weight excluding hydrogens is 293 g/mol. The molecule has 0 amide bonds. The Hall–Kier alpha value is -1.32. The van der Waals surface area contributed by atoms with E-state index in [1.165, 1.54) is 10.8 Å². The molecule has 0 aliphatic carbocycles. The van der Waals surface area contributed by atoms with Crippen LogP contribution in [-0.2, 0) is 4.74 Å². The first-order valence-corrected chi connectivity index (χ1v) is 6.22. The van der Waals surface area contributed by atoms with Crippen LogP contribution in [0.2, 0.25) is 5.15 Å². The molecule has 7 nitrogen and oxygen atoms in total. The molecule has 0 spiro atoms. The predicted molar refractivity (Wildman–Crippen MR) is 65.5 cm³/mol. The molecule has 20 heavy (non-hydrogen) atoms. The molecule has 0 aromatic carbocycles. The van der Waals surface area contributed by atoms with E-state index in [1.807, 2.05) is 0 Å². The molecule has 3 N–H and O–H groups in total. The molecule has 4 atom stereocenters. The molecule has 1 fully saturated rings.